The molecule has 4 rings (SSSR count). The lowest BCUT2D eigenvalue weighted by Gasteiger charge is -2.16. The van der Waals surface area contributed by atoms with Crippen LogP contribution in [0.3, 0.4) is 0 Å². The van der Waals surface area contributed by atoms with Gasteiger partial charge >= 0.3 is 6.18 Å². The van der Waals surface area contributed by atoms with Crippen LogP contribution in [-0.4, -0.2) is 31.3 Å². The van der Waals surface area contributed by atoms with E-state index < -0.39 is 39.2 Å². The van der Waals surface area contributed by atoms with Gasteiger partial charge in [-0.15, -0.1) is 10.2 Å². The van der Waals surface area contributed by atoms with Gasteiger partial charge in [0.25, 0.3) is 5.69 Å². The molecule has 4 aromatic rings. The smallest absolute Gasteiger partial charge is 0.325 e. The average Bonchev–Trinajstić information content (AvgIpc) is 2.89. The van der Waals surface area contributed by atoms with Gasteiger partial charge in [0.15, 0.2) is 0 Å². The molecule has 0 saturated heterocycles. The number of rotatable bonds is 7. The molecule has 188 valence electrons. The number of nitro benzene ring substituents is 1. The summed E-state index contributed by atoms with van der Waals surface area (Å²) in [4.78, 5) is 27.3. The highest BCUT2D eigenvalue weighted by Crippen LogP contribution is 2.37. The van der Waals surface area contributed by atoms with Crippen LogP contribution in [0.15, 0.2) is 84.0 Å². The number of carbonyl (C=O) groups is 1. The third kappa shape index (κ3) is 6.09. The Labute approximate surface area is 213 Å². The fraction of sp³-hybridized carbons (Fsp3) is 0.120. The van der Waals surface area contributed by atoms with Gasteiger partial charge in [-0.05, 0) is 13.0 Å². The lowest BCUT2D eigenvalue weighted by molar-refractivity contribution is -0.385. The molecule has 12 heteroatoms. The van der Waals surface area contributed by atoms with Crippen LogP contribution in [0.2, 0.25) is 0 Å². The maximum absolute atomic E-state index is 13.5. The molecule has 3 aromatic carbocycles. The molecular formula is C25H18F3N5O3S. The lowest BCUT2D eigenvalue weighted by Crippen LogP contribution is -2.24. The molecule has 0 spiro atoms. The lowest BCUT2D eigenvalue weighted by atomic mass is 10.0. The summed E-state index contributed by atoms with van der Waals surface area (Å²) in [7, 11) is 0. The first-order chi connectivity index (χ1) is 17.6. The predicted octanol–water partition coefficient (Wildman–Crippen LogP) is 6.25. The Hall–Kier alpha value is -4.32. The van der Waals surface area contributed by atoms with Gasteiger partial charge in [-0.1, -0.05) is 72.4 Å². The standard InChI is InChI=1S/C25H18F3N5O3S/c1-15(23(34)29-20-13-12-18(33(35)36)14-19(20)25(26,27)28)37-24-30-21(16-8-4-2-5-9-16)22(31-32-24)17-10-6-3-7-11-17/h2-15H,1H3,(H,29,34). The maximum atomic E-state index is 13.5. The molecule has 8 nitrogen and oxygen atoms in total. The molecule has 1 heterocycles. The van der Waals surface area contributed by atoms with Crippen molar-refractivity contribution in [3.8, 4) is 22.5 Å². The number of benzene rings is 3. The molecule has 1 aromatic heterocycles. The summed E-state index contributed by atoms with van der Waals surface area (Å²) in [6.45, 7) is 1.48. The molecule has 1 unspecified atom stereocenters. The molecule has 0 aliphatic carbocycles. The van der Waals surface area contributed by atoms with Crippen molar-refractivity contribution >= 4 is 29.0 Å². The summed E-state index contributed by atoms with van der Waals surface area (Å²) in [5.74, 6) is -0.763. The van der Waals surface area contributed by atoms with E-state index in [4.69, 9.17) is 0 Å². The summed E-state index contributed by atoms with van der Waals surface area (Å²) in [5.41, 5.74) is -0.0000486. The highest BCUT2D eigenvalue weighted by Gasteiger charge is 2.36. The Bertz CT molecular complexity index is 1440. The van der Waals surface area contributed by atoms with Gasteiger partial charge in [-0.3, -0.25) is 14.9 Å². The zero-order valence-corrected chi connectivity index (χ0v) is 20.0. The van der Waals surface area contributed by atoms with Crippen molar-refractivity contribution in [1.82, 2.24) is 15.2 Å². The molecule has 37 heavy (non-hydrogen) atoms. The molecule has 0 bridgehead atoms. The minimum absolute atomic E-state index is 0.154. The molecule has 0 aliphatic heterocycles. The van der Waals surface area contributed by atoms with Crippen molar-refractivity contribution in [2.45, 2.75) is 23.5 Å². The number of carbonyl (C=O) groups excluding carboxylic acids is 1. The largest absolute Gasteiger partial charge is 0.418 e. The molecular weight excluding hydrogens is 507 g/mol. The predicted molar refractivity (Wildman–Crippen MR) is 133 cm³/mol. The van der Waals surface area contributed by atoms with Crippen molar-refractivity contribution in [3.05, 3.63) is 94.5 Å². The average molecular weight is 526 g/mol. The summed E-state index contributed by atoms with van der Waals surface area (Å²) >= 11 is 0.919. The van der Waals surface area contributed by atoms with Crippen LogP contribution in [0, 0.1) is 10.1 Å². The minimum atomic E-state index is -4.91. The van der Waals surface area contributed by atoms with E-state index in [1.54, 1.807) is 0 Å². The summed E-state index contributed by atoms with van der Waals surface area (Å²) in [5, 5.41) is 20.8. The number of hydrogen-bond donors (Lipinski definition) is 1. The van der Waals surface area contributed by atoms with Crippen LogP contribution >= 0.6 is 11.8 Å². The van der Waals surface area contributed by atoms with E-state index in [0.717, 1.165) is 35.0 Å². The summed E-state index contributed by atoms with van der Waals surface area (Å²) in [6, 6.07) is 20.7. The number of non-ortho nitro benzene ring substituents is 1. The Morgan fingerprint density at radius 3 is 2.11 bits per heavy atom. The topological polar surface area (TPSA) is 111 Å². The number of amides is 1. The van der Waals surface area contributed by atoms with Crippen LogP contribution in [0.5, 0.6) is 0 Å². The van der Waals surface area contributed by atoms with Crippen molar-refractivity contribution < 1.29 is 22.9 Å². The van der Waals surface area contributed by atoms with Gasteiger partial charge in [0.1, 0.15) is 11.4 Å². The molecule has 0 fully saturated rings. The zero-order valence-electron chi connectivity index (χ0n) is 19.1. The molecule has 0 saturated carbocycles. The van der Waals surface area contributed by atoms with Crippen LogP contribution < -0.4 is 5.32 Å². The Kier molecular flexibility index (Phi) is 7.48. The zero-order chi connectivity index (χ0) is 26.6. The van der Waals surface area contributed by atoms with E-state index in [1.807, 2.05) is 60.7 Å². The van der Waals surface area contributed by atoms with E-state index in [2.05, 4.69) is 20.5 Å². The molecule has 1 atom stereocenters. The third-order valence-corrected chi connectivity index (χ3v) is 6.14. The van der Waals surface area contributed by atoms with E-state index in [-0.39, 0.29) is 5.16 Å². The number of thioether (sulfide) groups is 1. The molecule has 1 N–H and O–H groups in total. The number of halogens is 3. The van der Waals surface area contributed by atoms with Gasteiger partial charge in [0.2, 0.25) is 11.1 Å². The Balaban J connectivity index is 1.60. The van der Waals surface area contributed by atoms with Crippen LogP contribution in [0.25, 0.3) is 22.5 Å². The highest BCUT2D eigenvalue weighted by molar-refractivity contribution is 8.00. The summed E-state index contributed by atoms with van der Waals surface area (Å²) < 4.78 is 40.4. The van der Waals surface area contributed by atoms with Crippen LogP contribution in [-0.2, 0) is 11.0 Å². The fourth-order valence-electron chi connectivity index (χ4n) is 3.38. The van der Waals surface area contributed by atoms with Crippen molar-refractivity contribution in [2.75, 3.05) is 5.32 Å². The molecule has 1 amide bonds. The van der Waals surface area contributed by atoms with Crippen molar-refractivity contribution in [3.63, 3.8) is 0 Å². The molecule has 0 radical (unpaired) electrons. The van der Waals surface area contributed by atoms with Crippen molar-refractivity contribution in [1.29, 1.82) is 0 Å². The number of alkyl halides is 3. The first-order valence-electron chi connectivity index (χ1n) is 10.8. The van der Waals surface area contributed by atoms with Crippen LogP contribution in [0.1, 0.15) is 12.5 Å². The van der Waals surface area contributed by atoms with E-state index >= 15 is 0 Å². The third-order valence-electron chi connectivity index (χ3n) is 5.19. The quantitative estimate of drug-likeness (QED) is 0.172. The highest BCUT2D eigenvalue weighted by atomic mass is 32.2. The van der Waals surface area contributed by atoms with Gasteiger partial charge < -0.3 is 5.32 Å². The normalized spacial score (nSPS) is 12.1. The number of hydrogen-bond acceptors (Lipinski definition) is 7. The SMILES string of the molecule is CC(Sc1nnc(-c2ccccc2)c(-c2ccccc2)n1)C(=O)Nc1ccc([N+](=O)[O-])cc1C(F)(F)F. The molecule has 0 aliphatic rings. The van der Waals surface area contributed by atoms with E-state index in [1.165, 1.54) is 6.92 Å². The van der Waals surface area contributed by atoms with Crippen LogP contribution in [0.4, 0.5) is 24.5 Å². The second-order valence-electron chi connectivity index (χ2n) is 7.76. The van der Waals surface area contributed by atoms with Gasteiger partial charge in [0.05, 0.1) is 21.4 Å². The second-order valence-corrected chi connectivity index (χ2v) is 9.07. The monoisotopic (exact) mass is 525 g/mol. The fourth-order valence-corrected chi connectivity index (χ4v) is 4.10. The maximum Gasteiger partial charge on any atom is 0.418 e. The van der Waals surface area contributed by atoms with E-state index in [0.29, 0.717) is 17.5 Å². The Morgan fingerprint density at radius 2 is 1.54 bits per heavy atom. The number of anilines is 1. The number of nitrogens with zero attached hydrogens (tertiary/aromatic N) is 4. The van der Waals surface area contributed by atoms with Gasteiger partial charge in [0, 0.05) is 23.3 Å². The van der Waals surface area contributed by atoms with E-state index in [9.17, 15) is 28.1 Å². The first kappa shape index (κ1) is 25.8. The van der Waals surface area contributed by atoms with Gasteiger partial charge in [-0.2, -0.15) is 13.2 Å². The first-order valence-corrected chi connectivity index (χ1v) is 11.7. The second kappa shape index (κ2) is 10.7. The number of aromatic nitrogens is 3. The number of nitro groups is 1. The minimum Gasteiger partial charge on any atom is -0.325 e. The summed E-state index contributed by atoms with van der Waals surface area (Å²) in [6.07, 6.45) is -4.91. The van der Waals surface area contributed by atoms with Gasteiger partial charge in [-0.25, -0.2) is 4.98 Å². The Morgan fingerprint density at radius 1 is 0.946 bits per heavy atom. The van der Waals surface area contributed by atoms with Crippen molar-refractivity contribution in [2.24, 2.45) is 0 Å². The number of nitrogens with one attached hydrogen (secondary N) is 1.